The van der Waals surface area contributed by atoms with E-state index in [0.29, 0.717) is 11.1 Å². The molecule has 116 valence electrons. The second-order valence-electron chi connectivity index (χ2n) is 7.75. The fourth-order valence-electron chi connectivity index (χ4n) is 5.56. The van der Waals surface area contributed by atoms with Crippen molar-refractivity contribution in [1.82, 2.24) is 5.32 Å². The third-order valence-corrected chi connectivity index (χ3v) is 5.97. The Morgan fingerprint density at radius 3 is 1.95 bits per heavy atom. The van der Waals surface area contributed by atoms with Crippen LogP contribution in [0.25, 0.3) is 0 Å². The minimum atomic E-state index is -0.0623. The molecule has 1 N–H and O–H groups in total. The lowest BCUT2D eigenvalue weighted by molar-refractivity contribution is -0.0167. The van der Waals surface area contributed by atoms with Gasteiger partial charge in [-0.3, -0.25) is 9.59 Å². The Bertz CT molecular complexity index is 599. The highest BCUT2D eigenvalue weighted by Gasteiger charge is 2.51. The lowest BCUT2D eigenvalue weighted by atomic mass is 9.53. The summed E-state index contributed by atoms with van der Waals surface area (Å²) in [5.41, 5.74) is 1.06. The highest BCUT2D eigenvalue weighted by Crippen LogP contribution is 2.55. The Morgan fingerprint density at radius 1 is 0.955 bits per heavy atom. The average molecular weight is 297 g/mol. The summed E-state index contributed by atoms with van der Waals surface area (Å²) >= 11 is 0. The molecule has 1 aromatic rings. The van der Waals surface area contributed by atoms with Crippen molar-refractivity contribution < 1.29 is 9.59 Å². The van der Waals surface area contributed by atoms with Gasteiger partial charge in [0.05, 0.1) is 5.56 Å². The molecular formula is C19H23NO2. The highest BCUT2D eigenvalue weighted by molar-refractivity contribution is 6.07. The van der Waals surface area contributed by atoms with Gasteiger partial charge in [-0.25, -0.2) is 0 Å². The van der Waals surface area contributed by atoms with E-state index >= 15 is 0 Å². The fraction of sp³-hybridized carbons (Fsp3) is 0.579. The zero-order valence-electron chi connectivity index (χ0n) is 13.1. The van der Waals surface area contributed by atoms with Gasteiger partial charge in [-0.1, -0.05) is 18.2 Å². The molecule has 4 aliphatic carbocycles. The molecule has 0 spiro atoms. The number of benzene rings is 1. The largest absolute Gasteiger partial charge is 0.347 e. The number of carbonyl (C=O) groups excluding carboxylic acids is 2. The van der Waals surface area contributed by atoms with Gasteiger partial charge in [0.2, 0.25) is 0 Å². The summed E-state index contributed by atoms with van der Waals surface area (Å²) < 4.78 is 0. The van der Waals surface area contributed by atoms with Crippen LogP contribution < -0.4 is 5.32 Å². The second-order valence-corrected chi connectivity index (χ2v) is 7.75. The van der Waals surface area contributed by atoms with E-state index in [1.807, 2.05) is 12.1 Å². The van der Waals surface area contributed by atoms with Crippen LogP contribution in [0.15, 0.2) is 24.3 Å². The number of hydrogen-bond donors (Lipinski definition) is 1. The maximum atomic E-state index is 12.8. The maximum absolute atomic E-state index is 12.8. The third-order valence-electron chi connectivity index (χ3n) is 5.97. The topological polar surface area (TPSA) is 46.2 Å². The van der Waals surface area contributed by atoms with E-state index < -0.39 is 0 Å². The Kier molecular flexibility index (Phi) is 3.14. The first-order valence-electron chi connectivity index (χ1n) is 8.47. The summed E-state index contributed by atoms with van der Waals surface area (Å²) in [7, 11) is 0. The third kappa shape index (κ3) is 2.27. The summed E-state index contributed by atoms with van der Waals surface area (Å²) in [5.74, 6) is 2.29. The molecule has 3 heteroatoms. The average Bonchev–Trinajstić information content (AvgIpc) is 2.45. The van der Waals surface area contributed by atoms with Crippen molar-refractivity contribution in [2.24, 2.45) is 17.8 Å². The Labute approximate surface area is 131 Å². The van der Waals surface area contributed by atoms with Crippen LogP contribution in [0.4, 0.5) is 0 Å². The van der Waals surface area contributed by atoms with Crippen molar-refractivity contribution in [3.8, 4) is 0 Å². The number of amides is 1. The summed E-state index contributed by atoms with van der Waals surface area (Å²) in [6.07, 6.45) is 7.48. The van der Waals surface area contributed by atoms with Gasteiger partial charge in [0.15, 0.2) is 5.78 Å². The number of carbonyl (C=O) groups is 2. The van der Waals surface area contributed by atoms with E-state index in [2.05, 4.69) is 5.32 Å². The van der Waals surface area contributed by atoms with E-state index in [4.69, 9.17) is 0 Å². The summed E-state index contributed by atoms with van der Waals surface area (Å²) in [5, 5.41) is 3.34. The minimum Gasteiger partial charge on any atom is -0.347 e. The number of Topliss-reactive ketones (excluding diaryl/α,β-unsaturated/α-hetero) is 1. The van der Waals surface area contributed by atoms with Crippen LogP contribution in [0, 0.1) is 17.8 Å². The van der Waals surface area contributed by atoms with Crippen molar-refractivity contribution >= 4 is 11.7 Å². The number of ketones is 1. The monoisotopic (exact) mass is 297 g/mol. The molecule has 0 heterocycles. The van der Waals surface area contributed by atoms with Crippen LogP contribution >= 0.6 is 0 Å². The van der Waals surface area contributed by atoms with Crippen molar-refractivity contribution in [1.29, 1.82) is 0 Å². The van der Waals surface area contributed by atoms with Crippen molar-refractivity contribution in [2.45, 2.75) is 51.0 Å². The molecule has 3 nitrogen and oxygen atoms in total. The van der Waals surface area contributed by atoms with Gasteiger partial charge in [0, 0.05) is 11.1 Å². The van der Waals surface area contributed by atoms with Crippen LogP contribution in [0.2, 0.25) is 0 Å². The van der Waals surface area contributed by atoms with Gasteiger partial charge in [0.25, 0.3) is 5.91 Å². The van der Waals surface area contributed by atoms with Crippen molar-refractivity contribution in [2.75, 3.05) is 0 Å². The maximum Gasteiger partial charge on any atom is 0.252 e. The van der Waals surface area contributed by atoms with Gasteiger partial charge >= 0.3 is 0 Å². The Morgan fingerprint density at radius 2 is 1.45 bits per heavy atom. The summed E-state index contributed by atoms with van der Waals surface area (Å²) in [6, 6.07) is 7.17. The van der Waals surface area contributed by atoms with Crippen LogP contribution in [-0.2, 0) is 0 Å². The zero-order chi connectivity index (χ0) is 15.3. The summed E-state index contributed by atoms with van der Waals surface area (Å²) in [6.45, 7) is 1.52. The quantitative estimate of drug-likeness (QED) is 0.867. The van der Waals surface area contributed by atoms with E-state index in [0.717, 1.165) is 37.0 Å². The molecule has 0 atom stereocenters. The lowest BCUT2D eigenvalue weighted by Crippen LogP contribution is -2.59. The first kappa shape index (κ1) is 14.0. The van der Waals surface area contributed by atoms with Gasteiger partial charge in [-0.15, -0.1) is 0 Å². The van der Waals surface area contributed by atoms with Gasteiger partial charge < -0.3 is 5.32 Å². The summed E-state index contributed by atoms with van der Waals surface area (Å²) in [4.78, 5) is 24.5. The number of hydrogen-bond acceptors (Lipinski definition) is 2. The molecule has 0 radical (unpaired) electrons. The van der Waals surface area contributed by atoms with Crippen molar-refractivity contribution in [3.05, 3.63) is 35.4 Å². The highest BCUT2D eigenvalue weighted by atomic mass is 16.2. The number of rotatable bonds is 3. The predicted molar refractivity (Wildman–Crippen MR) is 84.8 cm³/mol. The SMILES string of the molecule is CC(=O)c1ccccc1C(=O)NC12CC3CC(CC(C3)C1)C2. The fourth-order valence-corrected chi connectivity index (χ4v) is 5.56. The predicted octanol–water partition coefficient (Wildman–Crippen LogP) is 3.59. The van der Waals surface area contributed by atoms with Gasteiger partial charge in [-0.05, 0) is 69.3 Å². The molecule has 5 rings (SSSR count). The molecule has 1 amide bonds. The normalized spacial score (nSPS) is 35.4. The molecule has 0 saturated heterocycles. The van der Waals surface area contributed by atoms with Gasteiger partial charge in [0.1, 0.15) is 0 Å². The first-order chi connectivity index (χ1) is 10.5. The van der Waals surface area contributed by atoms with Gasteiger partial charge in [-0.2, -0.15) is 0 Å². The van der Waals surface area contributed by atoms with E-state index in [-0.39, 0.29) is 17.2 Å². The van der Waals surface area contributed by atoms with Crippen LogP contribution in [0.1, 0.15) is 66.2 Å². The Hall–Kier alpha value is -1.64. The molecule has 4 aliphatic rings. The van der Waals surface area contributed by atoms with Crippen LogP contribution in [-0.4, -0.2) is 17.2 Å². The molecule has 22 heavy (non-hydrogen) atoms. The molecule has 1 aromatic carbocycles. The standard InChI is InChI=1S/C19H23NO2/c1-12(21)16-4-2-3-5-17(16)18(22)20-19-9-13-6-14(10-19)8-15(7-13)11-19/h2-5,13-15H,6-11H2,1H3,(H,20,22). The molecular weight excluding hydrogens is 274 g/mol. The Balaban J connectivity index is 1.59. The molecule has 4 bridgehead atoms. The minimum absolute atomic E-state index is 0.00423. The smallest absolute Gasteiger partial charge is 0.252 e. The van der Waals surface area contributed by atoms with E-state index in [1.54, 1.807) is 12.1 Å². The lowest BCUT2D eigenvalue weighted by Gasteiger charge is -2.56. The molecule has 4 saturated carbocycles. The molecule has 0 aromatic heterocycles. The number of nitrogens with one attached hydrogen (secondary N) is 1. The zero-order valence-corrected chi connectivity index (χ0v) is 13.1. The van der Waals surface area contributed by atoms with Crippen LogP contribution in [0.3, 0.4) is 0 Å². The van der Waals surface area contributed by atoms with E-state index in [9.17, 15) is 9.59 Å². The second kappa shape index (κ2) is 4.94. The van der Waals surface area contributed by atoms with Crippen LogP contribution in [0.5, 0.6) is 0 Å². The molecule has 0 aliphatic heterocycles. The molecule has 4 fully saturated rings. The molecule has 0 unspecified atom stereocenters. The van der Waals surface area contributed by atoms with Crippen molar-refractivity contribution in [3.63, 3.8) is 0 Å². The van der Waals surface area contributed by atoms with E-state index in [1.165, 1.54) is 26.2 Å². The first-order valence-corrected chi connectivity index (χ1v) is 8.47.